The predicted octanol–water partition coefficient (Wildman–Crippen LogP) is 5.79. The van der Waals surface area contributed by atoms with E-state index in [2.05, 4.69) is 40.4 Å². The van der Waals surface area contributed by atoms with Crippen LogP contribution in [0.15, 0.2) is 0 Å². The number of hydrogen-bond acceptors (Lipinski definition) is 0. The minimum absolute atomic E-state index is 0.480. The van der Waals surface area contributed by atoms with Gasteiger partial charge in [0.2, 0.25) is 0 Å². The van der Waals surface area contributed by atoms with E-state index in [0.29, 0.717) is 10.8 Å². The SMILES string of the molecule is CC(C)(C)C1CCC(CCl)(C[Si](C)(C)C)CC1. The summed E-state index contributed by atoms with van der Waals surface area (Å²) in [5, 5.41) is 0. The molecule has 0 aromatic carbocycles. The molecule has 0 atom stereocenters. The normalized spacial score (nSPS) is 31.6. The lowest BCUT2D eigenvalue weighted by Gasteiger charge is -2.45. The molecule has 1 saturated carbocycles. The molecular weight excluding hydrogens is 244 g/mol. The molecule has 0 bridgehead atoms. The van der Waals surface area contributed by atoms with Crippen molar-refractivity contribution in [3.05, 3.63) is 0 Å². The van der Waals surface area contributed by atoms with Crippen LogP contribution in [0.3, 0.4) is 0 Å². The molecule has 0 aliphatic heterocycles. The van der Waals surface area contributed by atoms with Gasteiger partial charge in [0.15, 0.2) is 0 Å². The summed E-state index contributed by atoms with van der Waals surface area (Å²) in [6.45, 7) is 14.6. The van der Waals surface area contributed by atoms with E-state index in [1.54, 1.807) is 0 Å². The third-order valence-electron chi connectivity index (χ3n) is 4.46. The van der Waals surface area contributed by atoms with Crippen LogP contribution in [0.2, 0.25) is 25.7 Å². The van der Waals surface area contributed by atoms with E-state index in [0.717, 1.165) is 11.8 Å². The fraction of sp³-hybridized carbons (Fsp3) is 1.00. The van der Waals surface area contributed by atoms with Crippen LogP contribution in [0.5, 0.6) is 0 Å². The zero-order valence-electron chi connectivity index (χ0n) is 12.7. The quantitative estimate of drug-likeness (QED) is 0.452. The Bertz CT molecular complexity index is 239. The zero-order chi connectivity index (χ0) is 13.3. The van der Waals surface area contributed by atoms with Crippen LogP contribution in [-0.4, -0.2) is 14.0 Å². The van der Waals surface area contributed by atoms with E-state index in [9.17, 15) is 0 Å². The van der Waals surface area contributed by atoms with Crippen molar-refractivity contribution < 1.29 is 0 Å². The summed E-state index contributed by atoms with van der Waals surface area (Å²) in [6, 6.07) is 1.42. The van der Waals surface area contributed by atoms with Gasteiger partial charge in [-0.05, 0) is 42.4 Å². The molecule has 0 aromatic rings. The van der Waals surface area contributed by atoms with Crippen LogP contribution in [0.1, 0.15) is 46.5 Å². The molecule has 0 heterocycles. The lowest BCUT2D eigenvalue weighted by Crippen LogP contribution is -2.39. The minimum atomic E-state index is -0.990. The van der Waals surface area contributed by atoms with E-state index < -0.39 is 8.07 Å². The molecule has 102 valence electrons. The highest BCUT2D eigenvalue weighted by atomic mass is 35.5. The molecule has 1 aliphatic carbocycles. The third-order valence-corrected chi connectivity index (χ3v) is 6.84. The highest BCUT2D eigenvalue weighted by Gasteiger charge is 2.40. The van der Waals surface area contributed by atoms with Gasteiger partial charge in [0.05, 0.1) is 0 Å². The molecule has 17 heavy (non-hydrogen) atoms. The van der Waals surface area contributed by atoms with Crippen LogP contribution in [0.4, 0.5) is 0 Å². The fourth-order valence-electron chi connectivity index (χ4n) is 3.58. The summed E-state index contributed by atoms with van der Waals surface area (Å²) in [5.41, 5.74) is 0.964. The second-order valence-electron chi connectivity index (χ2n) is 8.51. The summed E-state index contributed by atoms with van der Waals surface area (Å²) >= 11 is 6.33. The van der Waals surface area contributed by atoms with Gasteiger partial charge in [0, 0.05) is 14.0 Å². The molecule has 0 radical (unpaired) electrons. The Labute approximate surface area is 115 Å². The van der Waals surface area contributed by atoms with E-state index in [1.165, 1.54) is 31.7 Å². The first-order valence-electron chi connectivity index (χ1n) is 7.14. The molecule has 0 saturated heterocycles. The van der Waals surface area contributed by atoms with Crippen LogP contribution in [0, 0.1) is 16.7 Å². The maximum Gasteiger partial charge on any atom is 0.0448 e. The third kappa shape index (κ3) is 4.59. The number of halogens is 1. The minimum Gasteiger partial charge on any atom is -0.126 e. The molecular formula is C15H31ClSi. The van der Waals surface area contributed by atoms with Gasteiger partial charge >= 0.3 is 0 Å². The topological polar surface area (TPSA) is 0 Å². The van der Waals surface area contributed by atoms with E-state index >= 15 is 0 Å². The maximum absolute atomic E-state index is 6.33. The van der Waals surface area contributed by atoms with E-state index in [-0.39, 0.29) is 0 Å². The van der Waals surface area contributed by atoms with Gasteiger partial charge in [0.1, 0.15) is 0 Å². The summed E-state index contributed by atoms with van der Waals surface area (Å²) in [4.78, 5) is 0. The van der Waals surface area contributed by atoms with Gasteiger partial charge in [-0.1, -0.05) is 46.5 Å². The largest absolute Gasteiger partial charge is 0.126 e. The van der Waals surface area contributed by atoms with Crippen LogP contribution < -0.4 is 0 Å². The van der Waals surface area contributed by atoms with Gasteiger partial charge < -0.3 is 0 Å². The van der Waals surface area contributed by atoms with Gasteiger partial charge in [0.25, 0.3) is 0 Å². The van der Waals surface area contributed by atoms with Crippen molar-refractivity contribution in [2.24, 2.45) is 16.7 Å². The van der Waals surface area contributed by atoms with E-state index in [1.807, 2.05) is 0 Å². The van der Waals surface area contributed by atoms with Crippen LogP contribution in [-0.2, 0) is 0 Å². The summed E-state index contributed by atoms with van der Waals surface area (Å²) in [7, 11) is -0.990. The summed E-state index contributed by atoms with van der Waals surface area (Å²) in [5.74, 6) is 1.79. The Morgan fingerprint density at radius 2 is 1.59 bits per heavy atom. The first-order chi connectivity index (χ1) is 7.58. The first kappa shape index (κ1) is 15.6. The Balaban J connectivity index is 2.64. The fourth-order valence-corrected chi connectivity index (χ4v) is 6.83. The number of alkyl halides is 1. The zero-order valence-corrected chi connectivity index (χ0v) is 14.5. The van der Waals surface area contributed by atoms with Crippen molar-refractivity contribution in [1.29, 1.82) is 0 Å². The molecule has 1 aliphatic rings. The second kappa shape index (κ2) is 5.25. The lowest BCUT2D eigenvalue weighted by molar-refractivity contribution is 0.112. The highest BCUT2D eigenvalue weighted by molar-refractivity contribution is 6.76. The molecule has 0 nitrogen and oxygen atoms in total. The summed E-state index contributed by atoms with van der Waals surface area (Å²) < 4.78 is 0. The van der Waals surface area contributed by atoms with Gasteiger partial charge in [-0.2, -0.15) is 0 Å². The standard InChI is InChI=1S/C15H31ClSi/c1-14(2,3)13-7-9-15(11-16,10-8-13)12-17(4,5)6/h13H,7-12H2,1-6H3. The molecule has 0 N–H and O–H groups in total. The Morgan fingerprint density at radius 1 is 1.12 bits per heavy atom. The van der Waals surface area contributed by atoms with Crippen molar-refractivity contribution in [3.8, 4) is 0 Å². The second-order valence-corrected chi connectivity index (χ2v) is 14.3. The van der Waals surface area contributed by atoms with Crippen molar-refractivity contribution in [1.82, 2.24) is 0 Å². The van der Waals surface area contributed by atoms with Crippen molar-refractivity contribution >= 4 is 19.7 Å². The van der Waals surface area contributed by atoms with Gasteiger partial charge in [-0.3, -0.25) is 0 Å². The molecule has 0 spiro atoms. The lowest BCUT2D eigenvalue weighted by atomic mass is 9.65. The smallest absolute Gasteiger partial charge is 0.0448 e. The van der Waals surface area contributed by atoms with Gasteiger partial charge in [-0.15, -0.1) is 11.6 Å². The number of hydrogen-bond donors (Lipinski definition) is 0. The van der Waals surface area contributed by atoms with Crippen molar-refractivity contribution in [2.75, 3.05) is 5.88 Å². The number of rotatable bonds is 3. The predicted molar refractivity (Wildman–Crippen MR) is 82.7 cm³/mol. The maximum atomic E-state index is 6.33. The van der Waals surface area contributed by atoms with Gasteiger partial charge in [-0.25, -0.2) is 0 Å². The van der Waals surface area contributed by atoms with E-state index in [4.69, 9.17) is 11.6 Å². The first-order valence-corrected chi connectivity index (χ1v) is 11.4. The Morgan fingerprint density at radius 3 is 1.88 bits per heavy atom. The van der Waals surface area contributed by atoms with Crippen molar-refractivity contribution in [3.63, 3.8) is 0 Å². The molecule has 1 rings (SSSR count). The molecule has 2 heteroatoms. The van der Waals surface area contributed by atoms with Crippen LogP contribution >= 0.6 is 11.6 Å². The molecule has 1 fully saturated rings. The molecule has 0 amide bonds. The molecule has 0 unspecified atom stereocenters. The van der Waals surface area contributed by atoms with Crippen LogP contribution in [0.25, 0.3) is 0 Å². The Hall–Kier alpha value is 0.507. The molecule has 0 aromatic heterocycles. The monoisotopic (exact) mass is 274 g/mol. The average molecular weight is 275 g/mol. The highest BCUT2D eigenvalue weighted by Crippen LogP contribution is 2.49. The Kier molecular flexibility index (Phi) is 4.80. The summed E-state index contributed by atoms with van der Waals surface area (Å²) in [6.07, 6.45) is 5.51. The van der Waals surface area contributed by atoms with Crippen molar-refractivity contribution in [2.45, 2.75) is 72.1 Å². The average Bonchev–Trinajstić information content (AvgIpc) is 2.14.